The molecule has 4 nitrogen and oxygen atoms in total. The van der Waals surface area contributed by atoms with Gasteiger partial charge in [-0.25, -0.2) is 0 Å². The minimum Gasteiger partial charge on any atom is -0.331 e. The molecule has 5 heteroatoms. The minimum absolute atomic E-state index is 0. The van der Waals surface area contributed by atoms with Crippen molar-refractivity contribution in [2.75, 3.05) is 0 Å². The van der Waals surface area contributed by atoms with Gasteiger partial charge in [0, 0.05) is 23.8 Å². The molecule has 47 heavy (non-hydrogen) atoms. The number of hydrogen-bond donors (Lipinski definition) is 0. The van der Waals surface area contributed by atoms with Crippen molar-refractivity contribution in [3.63, 3.8) is 0 Å². The normalized spacial score (nSPS) is 11.2. The molecule has 0 saturated heterocycles. The molecular weight excluding hydrogens is 756 g/mol. The third-order valence-corrected chi connectivity index (χ3v) is 8.49. The van der Waals surface area contributed by atoms with Gasteiger partial charge in [-0.15, -0.1) is 59.3 Å². The number of para-hydroxylation sites is 2. The summed E-state index contributed by atoms with van der Waals surface area (Å²) in [7, 11) is 0. The topological polar surface area (TPSA) is 35.6 Å². The van der Waals surface area contributed by atoms with Crippen molar-refractivity contribution < 1.29 is 21.1 Å². The van der Waals surface area contributed by atoms with Crippen LogP contribution >= 0.6 is 0 Å². The van der Waals surface area contributed by atoms with Gasteiger partial charge in [0.15, 0.2) is 0 Å². The van der Waals surface area contributed by atoms with Gasteiger partial charge < -0.3 is 9.13 Å². The molecule has 0 aliphatic rings. The molecule has 0 aliphatic carbocycles. The summed E-state index contributed by atoms with van der Waals surface area (Å²) in [5, 5.41) is 8.03. The Morgan fingerprint density at radius 2 is 0.766 bits per heavy atom. The third-order valence-electron chi connectivity index (χ3n) is 8.49. The molecular formula is C42H26N4Pt. The molecule has 9 rings (SSSR count). The maximum absolute atomic E-state index is 5.22. The molecule has 12 bridgehead atoms. The summed E-state index contributed by atoms with van der Waals surface area (Å²) in [5.41, 5.74) is 5.55. The molecule has 0 aliphatic heterocycles. The Hall–Kier alpha value is -5.57. The fourth-order valence-corrected chi connectivity index (χ4v) is 6.22. The van der Waals surface area contributed by atoms with Crippen LogP contribution in [0.5, 0.6) is 0 Å². The van der Waals surface area contributed by atoms with Gasteiger partial charge in [-0.05, 0) is 35.0 Å². The van der Waals surface area contributed by atoms with E-state index in [9.17, 15) is 0 Å². The van der Waals surface area contributed by atoms with Crippen LogP contribution in [0.4, 0.5) is 0 Å². The van der Waals surface area contributed by atoms with Crippen LogP contribution in [0, 0.1) is 12.1 Å². The van der Waals surface area contributed by atoms with Crippen LogP contribution in [0.25, 0.3) is 76.8 Å². The van der Waals surface area contributed by atoms with Gasteiger partial charge >= 0.3 is 21.1 Å². The van der Waals surface area contributed by atoms with Crippen LogP contribution < -0.4 is 0 Å². The van der Waals surface area contributed by atoms with E-state index in [0.29, 0.717) is 0 Å². The van der Waals surface area contributed by atoms with E-state index < -0.39 is 0 Å². The van der Waals surface area contributed by atoms with Gasteiger partial charge in [-0.2, -0.15) is 0 Å². The van der Waals surface area contributed by atoms with E-state index >= 15 is 0 Å². The molecule has 3 heterocycles. The summed E-state index contributed by atoms with van der Waals surface area (Å²) in [5.74, 6) is 0. The summed E-state index contributed by atoms with van der Waals surface area (Å²) >= 11 is 0. The van der Waals surface area contributed by atoms with Gasteiger partial charge in [0.2, 0.25) is 0 Å². The number of hydrogen-bond acceptors (Lipinski definition) is 2. The molecule has 0 N–H and O–H groups in total. The van der Waals surface area contributed by atoms with Gasteiger partial charge in [0.25, 0.3) is 0 Å². The largest absolute Gasteiger partial charge is 2.00 e. The first kappa shape index (κ1) is 28.9. The van der Waals surface area contributed by atoms with Gasteiger partial charge in [-0.3, -0.25) is 9.97 Å². The average Bonchev–Trinajstić information content (AvgIpc) is 3.79. The van der Waals surface area contributed by atoms with Crippen molar-refractivity contribution in [1.82, 2.24) is 19.1 Å². The van der Waals surface area contributed by atoms with E-state index in [4.69, 9.17) is 9.97 Å². The molecule has 224 valence electrons. The molecule has 0 radical (unpaired) electrons. The molecule has 0 amide bonds. The standard InChI is InChI=1S/C42H26N4.Pt/c1-3-19-37(20-4-1)45-27-39-33-15-7-11-29(23-33)32-14-10-18-36(26-32)42-44-40(28-46(42)38-21-5-2-6-22-38)34-16-8-12-30(24-34)31-13-9-17-35(25-31)41(45)43-39;/h1-24,27-28H;/q-2;+2. The Morgan fingerprint density at radius 3 is 1.21 bits per heavy atom. The number of imidazole rings is 2. The summed E-state index contributed by atoms with van der Waals surface area (Å²) < 4.78 is 4.32. The Labute approximate surface area is 285 Å². The molecule has 0 atom stereocenters. The summed E-state index contributed by atoms with van der Waals surface area (Å²) in [6, 6.07) is 57.7. The molecule has 6 aromatic carbocycles. The van der Waals surface area contributed by atoms with Crippen LogP contribution in [0.2, 0.25) is 0 Å². The molecule has 9 aromatic rings. The van der Waals surface area contributed by atoms with Crippen LogP contribution in [0.3, 0.4) is 0 Å². The van der Waals surface area contributed by atoms with E-state index in [-0.39, 0.29) is 21.1 Å². The second-order valence-corrected chi connectivity index (χ2v) is 11.4. The van der Waals surface area contributed by atoms with Crippen LogP contribution in [-0.2, 0) is 21.1 Å². The Bertz CT molecular complexity index is 2500. The van der Waals surface area contributed by atoms with Crippen molar-refractivity contribution >= 4 is 65.4 Å². The first-order chi connectivity index (χ1) is 22.8. The maximum atomic E-state index is 5.22. The number of benzene rings is 6. The van der Waals surface area contributed by atoms with Crippen molar-refractivity contribution in [1.29, 1.82) is 0 Å². The first-order valence-electron chi connectivity index (χ1n) is 15.3. The zero-order chi connectivity index (χ0) is 30.5. The van der Waals surface area contributed by atoms with E-state index in [0.717, 1.165) is 76.8 Å². The third kappa shape index (κ3) is 5.27. The van der Waals surface area contributed by atoms with Crippen LogP contribution in [0.15, 0.2) is 158 Å². The van der Waals surface area contributed by atoms with E-state index in [1.807, 2.05) is 12.1 Å². The number of aromatic nitrogens is 4. The molecule has 0 saturated carbocycles. The van der Waals surface area contributed by atoms with E-state index in [2.05, 4.69) is 167 Å². The second kappa shape index (κ2) is 12.0. The predicted octanol–water partition coefficient (Wildman–Crippen LogP) is 10.3. The molecule has 3 aromatic heterocycles. The van der Waals surface area contributed by atoms with Crippen molar-refractivity contribution in [3.05, 3.63) is 170 Å². The van der Waals surface area contributed by atoms with Gasteiger partial charge in [0.1, 0.15) is 0 Å². The first-order valence-corrected chi connectivity index (χ1v) is 15.3. The van der Waals surface area contributed by atoms with Crippen LogP contribution in [0.1, 0.15) is 0 Å². The zero-order valence-corrected chi connectivity index (χ0v) is 27.4. The maximum Gasteiger partial charge on any atom is 2.00 e. The number of nitrogens with zero attached hydrogens (tertiary/aromatic N) is 4. The van der Waals surface area contributed by atoms with Gasteiger partial charge in [0.05, 0.1) is 22.3 Å². The number of rotatable bonds is 2. The Balaban J connectivity index is 0.00000324. The van der Waals surface area contributed by atoms with Crippen molar-refractivity contribution in [2.24, 2.45) is 0 Å². The van der Waals surface area contributed by atoms with E-state index in [1.54, 1.807) is 0 Å². The fraction of sp³-hybridized carbons (Fsp3) is 0. The quantitative estimate of drug-likeness (QED) is 0.164. The minimum atomic E-state index is 0. The molecule has 0 spiro atoms. The Kier molecular flexibility index (Phi) is 7.36. The van der Waals surface area contributed by atoms with Crippen molar-refractivity contribution in [3.8, 4) is 11.4 Å². The monoisotopic (exact) mass is 781 g/mol. The van der Waals surface area contributed by atoms with Crippen LogP contribution in [-0.4, -0.2) is 19.1 Å². The van der Waals surface area contributed by atoms with Gasteiger partial charge in [-0.1, -0.05) is 106 Å². The smallest absolute Gasteiger partial charge is 0.331 e. The average molecular weight is 782 g/mol. The SMILES string of the molecule is [Pt+2].[c-]1c2cccc1c1nc(cn1-c1ccccc1)c1cccc(c1)c1[c-]c(ccc1)c1nc(cn1-c1ccccc1)c1cccc2c1. The zero-order valence-electron chi connectivity index (χ0n) is 25.1. The summed E-state index contributed by atoms with van der Waals surface area (Å²) in [6.45, 7) is 0. The number of fused-ring (bicyclic) bond motifs is 18. The predicted molar refractivity (Wildman–Crippen MR) is 190 cm³/mol. The summed E-state index contributed by atoms with van der Waals surface area (Å²) in [4.78, 5) is 10.4. The fourth-order valence-electron chi connectivity index (χ4n) is 6.22. The molecule has 0 unspecified atom stereocenters. The van der Waals surface area contributed by atoms with Crippen molar-refractivity contribution in [2.45, 2.75) is 0 Å². The second-order valence-electron chi connectivity index (χ2n) is 11.4. The summed E-state index contributed by atoms with van der Waals surface area (Å²) in [6.07, 6.45) is 4.24. The van der Waals surface area contributed by atoms with E-state index in [1.165, 1.54) is 0 Å². The Morgan fingerprint density at radius 1 is 0.383 bits per heavy atom. The molecule has 0 fully saturated rings.